The molecule has 0 rings (SSSR count). The first-order chi connectivity index (χ1) is 21.4. The Bertz CT molecular complexity index is 611. The summed E-state index contributed by atoms with van der Waals surface area (Å²) in [6.45, 7) is 8.01. The highest BCUT2D eigenvalue weighted by atomic mass is 16.6. The minimum absolute atomic E-state index is 0.111. The van der Waals surface area contributed by atoms with Crippen LogP contribution in [0.4, 0.5) is 0 Å². The van der Waals surface area contributed by atoms with Crippen LogP contribution in [0, 0.1) is 5.92 Å². The van der Waals surface area contributed by atoms with E-state index in [1.54, 1.807) is 0 Å². The summed E-state index contributed by atoms with van der Waals surface area (Å²) in [6.07, 6.45) is 32.2. The van der Waals surface area contributed by atoms with Crippen LogP contribution in [0.3, 0.4) is 0 Å². The Labute approximate surface area is 275 Å². The van der Waals surface area contributed by atoms with Gasteiger partial charge in [-0.25, -0.2) is 0 Å². The number of carbonyl (C=O) groups excluding carboxylic acids is 2. The maximum absolute atomic E-state index is 12.9. The van der Waals surface area contributed by atoms with Crippen molar-refractivity contribution in [2.45, 2.75) is 207 Å². The number of rotatable bonds is 34. The molecule has 0 aromatic carbocycles. The lowest BCUT2D eigenvalue weighted by atomic mass is 9.92. The van der Waals surface area contributed by atoms with Crippen molar-refractivity contribution in [1.82, 2.24) is 4.90 Å². The third-order valence-electron chi connectivity index (χ3n) is 8.98. The van der Waals surface area contributed by atoms with E-state index in [1.807, 2.05) is 0 Å². The van der Waals surface area contributed by atoms with Crippen LogP contribution in [0.2, 0.25) is 0 Å². The predicted octanol–water partition coefficient (Wildman–Crippen LogP) is 11.6. The molecule has 0 bridgehead atoms. The standard InChI is InChI=1S/C39H77NO4/c1-6-9-12-15-16-17-18-19-20-21-22-26-31-37(44-38(41)32-27-23-28-33-40(4)5)35-43-39(42)34-36(29-24-13-10-7-2)30-25-14-11-8-3/h36-37H,6-35H2,1-5H3. The molecule has 1 unspecified atom stereocenters. The Kier molecular flexibility index (Phi) is 32.4. The second kappa shape index (κ2) is 33.3. The summed E-state index contributed by atoms with van der Waals surface area (Å²) >= 11 is 0. The van der Waals surface area contributed by atoms with Crippen molar-refractivity contribution in [3.05, 3.63) is 0 Å². The van der Waals surface area contributed by atoms with Crippen LogP contribution in [0.5, 0.6) is 0 Å². The molecular weight excluding hydrogens is 546 g/mol. The molecule has 0 aliphatic heterocycles. The molecule has 0 aliphatic rings. The summed E-state index contributed by atoms with van der Waals surface area (Å²) < 4.78 is 11.7. The van der Waals surface area contributed by atoms with Gasteiger partial charge in [-0.1, -0.05) is 149 Å². The van der Waals surface area contributed by atoms with Crippen molar-refractivity contribution in [2.24, 2.45) is 5.92 Å². The fraction of sp³-hybridized carbons (Fsp3) is 0.949. The van der Waals surface area contributed by atoms with Crippen molar-refractivity contribution >= 4 is 11.9 Å². The molecule has 0 aromatic rings. The van der Waals surface area contributed by atoms with Crippen molar-refractivity contribution in [3.63, 3.8) is 0 Å². The normalized spacial score (nSPS) is 12.2. The van der Waals surface area contributed by atoms with Crippen LogP contribution < -0.4 is 0 Å². The number of hydrogen-bond acceptors (Lipinski definition) is 5. The molecule has 0 saturated carbocycles. The molecule has 262 valence electrons. The Morgan fingerprint density at radius 2 is 0.955 bits per heavy atom. The average Bonchev–Trinajstić information content (AvgIpc) is 3.00. The molecule has 0 amide bonds. The van der Waals surface area contributed by atoms with Gasteiger partial charge in [0.05, 0.1) is 0 Å². The van der Waals surface area contributed by atoms with Gasteiger partial charge >= 0.3 is 11.9 Å². The van der Waals surface area contributed by atoms with Crippen molar-refractivity contribution < 1.29 is 19.1 Å². The van der Waals surface area contributed by atoms with Gasteiger partial charge in [-0.15, -0.1) is 0 Å². The van der Waals surface area contributed by atoms with Gasteiger partial charge in [0.25, 0.3) is 0 Å². The predicted molar refractivity (Wildman–Crippen MR) is 189 cm³/mol. The van der Waals surface area contributed by atoms with E-state index >= 15 is 0 Å². The smallest absolute Gasteiger partial charge is 0.306 e. The third kappa shape index (κ3) is 30.9. The lowest BCUT2D eigenvalue weighted by molar-refractivity contribution is -0.160. The average molecular weight is 624 g/mol. The Hall–Kier alpha value is -1.10. The monoisotopic (exact) mass is 624 g/mol. The molecule has 5 nitrogen and oxygen atoms in total. The summed E-state index contributed by atoms with van der Waals surface area (Å²) in [7, 11) is 4.16. The number of unbranched alkanes of at least 4 members (excludes halogenated alkanes) is 19. The Balaban J connectivity index is 4.62. The molecule has 0 aromatic heterocycles. The topological polar surface area (TPSA) is 55.8 Å². The zero-order valence-corrected chi connectivity index (χ0v) is 30.4. The third-order valence-corrected chi connectivity index (χ3v) is 8.98. The first-order valence-corrected chi connectivity index (χ1v) is 19.4. The van der Waals surface area contributed by atoms with Crippen molar-refractivity contribution in [3.8, 4) is 0 Å². The first kappa shape index (κ1) is 42.9. The molecule has 1 atom stereocenters. The van der Waals surface area contributed by atoms with Gasteiger partial charge < -0.3 is 14.4 Å². The highest BCUT2D eigenvalue weighted by Gasteiger charge is 2.19. The van der Waals surface area contributed by atoms with Crippen LogP contribution in [0.15, 0.2) is 0 Å². The second-order valence-electron chi connectivity index (χ2n) is 13.9. The molecule has 0 N–H and O–H groups in total. The number of esters is 2. The fourth-order valence-corrected chi connectivity index (χ4v) is 6.06. The highest BCUT2D eigenvalue weighted by molar-refractivity contribution is 5.70. The number of hydrogen-bond donors (Lipinski definition) is 0. The largest absolute Gasteiger partial charge is 0.462 e. The van der Waals surface area contributed by atoms with E-state index < -0.39 is 0 Å². The van der Waals surface area contributed by atoms with Crippen LogP contribution in [-0.2, 0) is 19.1 Å². The van der Waals surface area contributed by atoms with Gasteiger partial charge in [0.15, 0.2) is 0 Å². The van der Waals surface area contributed by atoms with Crippen LogP contribution in [-0.4, -0.2) is 50.2 Å². The molecule has 0 aliphatic carbocycles. The van der Waals surface area contributed by atoms with Crippen molar-refractivity contribution in [1.29, 1.82) is 0 Å². The summed E-state index contributed by atoms with van der Waals surface area (Å²) in [5, 5.41) is 0. The maximum atomic E-state index is 12.9. The summed E-state index contributed by atoms with van der Waals surface area (Å²) in [6, 6.07) is 0. The number of ether oxygens (including phenoxy) is 2. The van der Waals surface area contributed by atoms with Gasteiger partial charge in [-0.05, 0) is 65.1 Å². The number of carbonyl (C=O) groups is 2. The molecule has 5 heteroatoms. The lowest BCUT2D eigenvalue weighted by Gasteiger charge is -2.20. The summed E-state index contributed by atoms with van der Waals surface area (Å²) in [5.41, 5.74) is 0. The first-order valence-electron chi connectivity index (χ1n) is 19.4. The van der Waals surface area contributed by atoms with Gasteiger partial charge in [0.2, 0.25) is 0 Å². The van der Waals surface area contributed by atoms with E-state index in [-0.39, 0.29) is 24.6 Å². The fourth-order valence-electron chi connectivity index (χ4n) is 6.06. The Morgan fingerprint density at radius 1 is 0.523 bits per heavy atom. The highest BCUT2D eigenvalue weighted by Crippen LogP contribution is 2.23. The molecule has 0 heterocycles. The van der Waals surface area contributed by atoms with Crippen molar-refractivity contribution in [2.75, 3.05) is 27.2 Å². The van der Waals surface area contributed by atoms with Gasteiger partial charge in [-0.2, -0.15) is 0 Å². The molecule has 0 fully saturated rings. The SMILES string of the molecule is CCCCCCCCCCCCCCC(COC(=O)CC(CCCCCC)CCCCCC)OC(=O)CCCCCN(C)C. The molecular formula is C39H77NO4. The second-order valence-corrected chi connectivity index (χ2v) is 13.9. The number of nitrogens with zero attached hydrogens (tertiary/aromatic N) is 1. The van der Waals surface area contributed by atoms with E-state index in [4.69, 9.17) is 9.47 Å². The van der Waals surface area contributed by atoms with E-state index in [1.165, 1.54) is 116 Å². The zero-order chi connectivity index (χ0) is 32.5. The molecule has 44 heavy (non-hydrogen) atoms. The quantitative estimate of drug-likeness (QED) is 0.0527. The van der Waals surface area contributed by atoms with Crippen LogP contribution in [0.25, 0.3) is 0 Å². The molecule has 0 saturated heterocycles. The minimum atomic E-state index is -0.316. The summed E-state index contributed by atoms with van der Waals surface area (Å²) in [4.78, 5) is 27.8. The van der Waals surface area contributed by atoms with Crippen LogP contribution >= 0.6 is 0 Å². The van der Waals surface area contributed by atoms with E-state index in [0.29, 0.717) is 18.8 Å². The van der Waals surface area contributed by atoms with Gasteiger partial charge in [-0.3, -0.25) is 9.59 Å². The zero-order valence-electron chi connectivity index (χ0n) is 30.4. The van der Waals surface area contributed by atoms with Crippen LogP contribution in [0.1, 0.15) is 201 Å². The Morgan fingerprint density at radius 3 is 1.45 bits per heavy atom. The maximum Gasteiger partial charge on any atom is 0.306 e. The van der Waals surface area contributed by atoms with Gasteiger partial charge in [0.1, 0.15) is 12.7 Å². The lowest BCUT2D eigenvalue weighted by Crippen LogP contribution is -2.26. The van der Waals surface area contributed by atoms with E-state index in [2.05, 4.69) is 39.8 Å². The minimum Gasteiger partial charge on any atom is -0.462 e. The molecule has 0 radical (unpaired) electrons. The van der Waals surface area contributed by atoms with Gasteiger partial charge in [0, 0.05) is 12.8 Å². The molecule has 0 spiro atoms. The summed E-state index contributed by atoms with van der Waals surface area (Å²) in [5.74, 6) is 0.163. The van der Waals surface area contributed by atoms with E-state index in [0.717, 1.165) is 57.9 Å². The van der Waals surface area contributed by atoms with E-state index in [9.17, 15) is 9.59 Å².